The second kappa shape index (κ2) is 6.39. The van der Waals surface area contributed by atoms with E-state index in [1.54, 1.807) is 12.4 Å². The zero-order chi connectivity index (χ0) is 19.3. The van der Waals surface area contributed by atoms with Gasteiger partial charge in [0.05, 0.1) is 0 Å². The van der Waals surface area contributed by atoms with Gasteiger partial charge in [0.1, 0.15) is 17.5 Å². The number of aromatic nitrogens is 3. The fourth-order valence-corrected chi connectivity index (χ4v) is 4.47. The van der Waals surface area contributed by atoms with Crippen LogP contribution >= 0.6 is 0 Å². The number of pyridine rings is 1. The molecular weight excluding hydrogens is 348 g/mol. The number of nitrogens with two attached hydrogens (primary N) is 1. The Bertz CT molecular complexity index is 1110. The van der Waals surface area contributed by atoms with Gasteiger partial charge >= 0.3 is 0 Å². The molecule has 3 aromatic rings. The van der Waals surface area contributed by atoms with Crippen LogP contribution in [0.15, 0.2) is 36.7 Å². The minimum Gasteiger partial charge on any atom is -0.383 e. The van der Waals surface area contributed by atoms with Gasteiger partial charge in [0, 0.05) is 58.8 Å². The Morgan fingerprint density at radius 1 is 1.18 bits per heavy atom. The molecule has 2 aliphatic heterocycles. The number of hydrogen-bond donors (Lipinski definition) is 2. The van der Waals surface area contributed by atoms with E-state index in [1.807, 2.05) is 31.2 Å². The molecular formula is C22H20N6. The Morgan fingerprint density at radius 3 is 2.71 bits per heavy atom. The number of aryl methyl sites for hydroxylation is 1. The van der Waals surface area contributed by atoms with Gasteiger partial charge in [-0.05, 0) is 25.3 Å². The molecule has 1 fully saturated rings. The van der Waals surface area contributed by atoms with E-state index in [2.05, 4.69) is 26.3 Å². The molecule has 0 spiro atoms. The van der Waals surface area contributed by atoms with Crippen LogP contribution in [0.3, 0.4) is 0 Å². The quantitative estimate of drug-likeness (QED) is 0.720. The second-order valence-electron chi connectivity index (χ2n) is 7.53. The van der Waals surface area contributed by atoms with Crippen LogP contribution in [0.1, 0.15) is 41.3 Å². The summed E-state index contributed by atoms with van der Waals surface area (Å²) < 4.78 is 0. The molecule has 2 atom stereocenters. The first-order chi connectivity index (χ1) is 13.7. The van der Waals surface area contributed by atoms with Crippen molar-refractivity contribution in [2.24, 2.45) is 0 Å². The summed E-state index contributed by atoms with van der Waals surface area (Å²) in [5, 5.41) is 13.4. The van der Waals surface area contributed by atoms with E-state index < -0.39 is 0 Å². The molecule has 0 aliphatic carbocycles. The van der Waals surface area contributed by atoms with E-state index in [0.29, 0.717) is 23.2 Å². The number of rotatable bonds is 2. The first-order valence-corrected chi connectivity index (χ1v) is 9.52. The molecule has 2 bridgehead atoms. The Balaban J connectivity index is 1.67. The Kier molecular flexibility index (Phi) is 3.85. The first-order valence-electron chi connectivity index (χ1n) is 9.52. The van der Waals surface area contributed by atoms with Gasteiger partial charge in [0.15, 0.2) is 5.82 Å². The van der Waals surface area contributed by atoms with Crippen molar-refractivity contribution in [3.8, 4) is 28.6 Å². The number of benzene rings is 1. The Morgan fingerprint density at radius 2 is 1.96 bits per heavy atom. The van der Waals surface area contributed by atoms with Crippen LogP contribution in [0.5, 0.6) is 0 Å². The van der Waals surface area contributed by atoms with Crippen molar-refractivity contribution in [2.75, 3.05) is 5.73 Å². The van der Waals surface area contributed by atoms with E-state index in [9.17, 15) is 5.26 Å². The normalized spacial score (nSPS) is 19.9. The van der Waals surface area contributed by atoms with Gasteiger partial charge in [-0.1, -0.05) is 24.3 Å². The lowest BCUT2D eigenvalue weighted by atomic mass is 9.89. The van der Waals surface area contributed by atoms with Crippen LogP contribution in [0, 0.1) is 18.3 Å². The van der Waals surface area contributed by atoms with Crippen molar-refractivity contribution in [1.29, 1.82) is 5.26 Å². The van der Waals surface area contributed by atoms with Gasteiger partial charge in [0.2, 0.25) is 0 Å². The topological polar surface area (TPSA) is 101 Å². The largest absolute Gasteiger partial charge is 0.383 e. The highest BCUT2D eigenvalue weighted by atomic mass is 15.0. The minimum atomic E-state index is 0.208. The van der Waals surface area contributed by atoms with Crippen LogP contribution in [0.25, 0.3) is 22.5 Å². The van der Waals surface area contributed by atoms with Gasteiger partial charge in [-0.2, -0.15) is 5.26 Å². The number of fused-ring (bicyclic) bond motifs is 4. The second-order valence-corrected chi connectivity index (χ2v) is 7.53. The Labute approximate surface area is 163 Å². The smallest absolute Gasteiger partial charge is 0.159 e. The fraction of sp³-hybridized carbons (Fsp3) is 0.273. The van der Waals surface area contributed by atoms with E-state index in [-0.39, 0.29) is 6.04 Å². The zero-order valence-corrected chi connectivity index (χ0v) is 15.6. The highest BCUT2D eigenvalue weighted by Gasteiger charge is 2.36. The highest BCUT2D eigenvalue weighted by Crippen LogP contribution is 2.43. The van der Waals surface area contributed by atoms with Gasteiger partial charge in [0.25, 0.3) is 0 Å². The number of hydrogen-bond acceptors (Lipinski definition) is 6. The summed E-state index contributed by atoms with van der Waals surface area (Å²) in [5.41, 5.74) is 12.4. The monoisotopic (exact) mass is 368 g/mol. The zero-order valence-electron chi connectivity index (χ0n) is 15.6. The highest BCUT2D eigenvalue weighted by molar-refractivity contribution is 5.79. The third-order valence-electron chi connectivity index (χ3n) is 5.81. The number of nitrogen functional groups attached to an aromatic ring is 1. The summed E-state index contributed by atoms with van der Waals surface area (Å²) in [6.07, 6.45) is 6.60. The molecule has 6 nitrogen and oxygen atoms in total. The van der Waals surface area contributed by atoms with Crippen LogP contribution in [0.2, 0.25) is 0 Å². The summed E-state index contributed by atoms with van der Waals surface area (Å²) in [5.74, 6) is 0.968. The molecule has 4 heterocycles. The number of nitrogens with one attached hydrogen (secondary N) is 1. The lowest BCUT2D eigenvalue weighted by Gasteiger charge is -2.27. The predicted molar refractivity (Wildman–Crippen MR) is 107 cm³/mol. The molecule has 0 unspecified atom stereocenters. The molecule has 1 saturated heterocycles. The van der Waals surface area contributed by atoms with Crippen molar-refractivity contribution < 1.29 is 0 Å². The average molecular weight is 368 g/mol. The predicted octanol–water partition coefficient (Wildman–Crippen LogP) is 3.32. The van der Waals surface area contributed by atoms with Gasteiger partial charge < -0.3 is 11.1 Å². The third-order valence-corrected chi connectivity index (χ3v) is 5.81. The standard InChI is InChI=1S/C22H20N6/c1-12-4-2-3-5-15(12)22-25-10-13(11-26-22)19-16(9-23)21(24)28-18-8-14-6-7-17(27-14)20(18)19/h2-5,10-11,14,17,27H,6-8H2,1H3,(H2,24,28)/t14-,17+/m1/s1. The van der Waals surface area contributed by atoms with Gasteiger partial charge in [-0.15, -0.1) is 0 Å². The van der Waals surface area contributed by atoms with Gasteiger partial charge in [-0.25, -0.2) is 15.0 Å². The molecule has 0 amide bonds. The van der Waals surface area contributed by atoms with E-state index in [1.165, 1.54) is 0 Å². The van der Waals surface area contributed by atoms with Crippen molar-refractivity contribution in [3.05, 3.63) is 59.0 Å². The van der Waals surface area contributed by atoms with Gasteiger partial charge in [-0.3, -0.25) is 0 Å². The molecule has 2 aromatic heterocycles. The fourth-order valence-electron chi connectivity index (χ4n) is 4.47. The molecule has 5 rings (SSSR count). The summed E-state index contributed by atoms with van der Waals surface area (Å²) in [6, 6.07) is 11.0. The molecule has 0 radical (unpaired) electrons. The van der Waals surface area contributed by atoms with Crippen molar-refractivity contribution in [1.82, 2.24) is 20.3 Å². The number of nitriles is 1. The van der Waals surface area contributed by atoms with Crippen molar-refractivity contribution in [3.63, 3.8) is 0 Å². The third kappa shape index (κ3) is 2.55. The molecule has 28 heavy (non-hydrogen) atoms. The maximum atomic E-state index is 9.77. The maximum Gasteiger partial charge on any atom is 0.159 e. The minimum absolute atomic E-state index is 0.208. The van der Waals surface area contributed by atoms with Crippen LogP contribution < -0.4 is 11.1 Å². The summed E-state index contributed by atoms with van der Waals surface area (Å²) >= 11 is 0. The van der Waals surface area contributed by atoms with Crippen molar-refractivity contribution in [2.45, 2.75) is 38.3 Å². The van der Waals surface area contributed by atoms with E-state index >= 15 is 0 Å². The number of nitrogens with zero attached hydrogens (tertiary/aromatic N) is 4. The Hall–Kier alpha value is -3.30. The summed E-state index contributed by atoms with van der Waals surface area (Å²) in [6.45, 7) is 2.04. The summed E-state index contributed by atoms with van der Waals surface area (Å²) in [7, 11) is 0. The molecule has 2 aliphatic rings. The average Bonchev–Trinajstić information content (AvgIpc) is 3.09. The number of anilines is 1. The maximum absolute atomic E-state index is 9.77. The molecule has 3 N–H and O–H groups in total. The molecule has 1 aromatic carbocycles. The van der Waals surface area contributed by atoms with Crippen LogP contribution in [-0.2, 0) is 6.42 Å². The van der Waals surface area contributed by atoms with Crippen molar-refractivity contribution >= 4 is 5.82 Å². The molecule has 138 valence electrons. The van der Waals surface area contributed by atoms with Crippen LogP contribution in [0.4, 0.5) is 5.82 Å². The molecule has 6 heteroatoms. The lowest BCUT2D eigenvalue weighted by molar-refractivity contribution is 0.508. The SMILES string of the molecule is Cc1ccccc1-c1ncc(-c2c(C#N)c(N)nc3c2[C@@H]2CC[C@H](C3)N2)cn1. The van der Waals surface area contributed by atoms with E-state index in [4.69, 9.17) is 5.73 Å². The summed E-state index contributed by atoms with van der Waals surface area (Å²) in [4.78, 5) is 13.8. The lowest BCUT2D eigenvalue weighted by Crippen LogP contribution is -2.33. The first kappa shape index (κ1) is 16.8. The van der Waals surface area contributed by atoms with Crippen LogP contribution in [-0.4, -0.2) is 21.0 Å². The van der Waals surface area contributed by atoms with E-state index in [0.717, 1.165) is 52.8 Å². The molecule has 0 saturated carbocycles.